The predicted molar refractivity (Wildman–Crippen MR) is 85.2 cm³/mol. The van der Waals surface area contributed by atoms with E-state index in [4.69, 9.17) is 0 Å². The zero-order chi connectivity index (χ0) is 13.3. The smallest absolute Gasteiger partial charge is 0 e. The fourth-order valence-corrected chi connectivity index (χ4v) is 2.62. The van der Waals surface area contributed by atoms with Crippen molar-refractivity contribution in [2.45, 2.75) is 117 Å². The van der Waals surface area contributed by atoms with Gasteiger partial charge in [-0.05, 0) is 0 Å². The molecule has 19 heavy (non-hydrogen) atoms. The SMILES string of the molecule is CCCCCCCCCCCCCCCCCC.[Co]. The first-order valence-corrected chi connectivity index (χ1v) is 8.91. The monoisotopic (exact) mass is 313 g/mol. The van der Waals surface area contributed by atoms with Gasteiger partial charge in [0.2, 0.25) is 0 Å². The van der Waals surface area contributed by atoms with Crippen molar-refractivity contribution >= 4 is 0 Å². The third kappa shape index (κ3) is 21.0. The van der Waals surface area contributed by atoms with Gasteiger partial charge in [0.1, 0.15) is 0 Å². The van der Waals surface area contributed by atoms with E-state index in [0.717, 1.165) is 0 Å². The maximum atomic E-state index is 2.29. The molecule has 0 amide bonds. The number of hydrogen-bond donors (Lipinski definition) is 0. The van der Waals surface area contributed by atoms with Crippen LogP contribution in [0, 0.1) is 0 Å². The molecule has 0 bridgehead atoms. The van der Waals surface area contributed by atoms with Crippen LogP contribution in [0.5, 0.6) is 0 Å². The van der Waals surface area contributed by atoms with Gasteiger partial charge in [-0.25, -0.2) is 0 Å². The van der Waals surface area contributed by atoms with Crippen molar-refractivity contribution in [3.8, 4) is 0 Å². The van der Waals surface area contributed by atoms with Crippen LogP contribution in [0.3, 0.4) is 0 Å². The van der Waals surface area contributed by atoms with Crippen molar-refractivity contribution in [1.82, 2.24) is 0 Å². The van der Waals surface area contributed by atoms with E-state index in [1.807, 2.05) is 0 Å². The summed E-state index contributed by atoms with van der Waals surface area (Å²) in [6, 6.07) is 0. The topological polar surface area (TPSA) is 0 Å². The van der Waals surface area contributed by atoms with Crippen LogP contribution in [-0.4, -0.2) is 0 Å². The van der Waals surface area contributed by atoms with E-state index in [1.165, 1.54) is 103 Å². The van der Waals surface area contributed by atoms with E-state index < -0.39 is 0 Å². The average Bonchev–Trinajstić information content (AvgIpc) is 2.39. The molecule has 1 radical (unpaired) electrons. The van der Waals surface area contributed by atoms with Gasteiger partial charge >= 0.3 is 0 Å². The van der Waals surface area contributed by atoms with Gasteiger partial charge in [0, 0.05) is 16.8 Å². The minimum Gasteiger partial charge on any atom is -0.0654 e. The molecule has 0 aromatic carbocycles. The van der Waals surface area contributed by atoms with E-state index in [-0.39, 0.29) is 16.8 Å². The molecule has 0 fully saturated rings. The fourth-order valence-electron chi connectivity index (χ4n) is 2.62. The summed E-state index contributed by atoms with van der Waals surface area (Å²) < 4.78 is 0. The molecule has 0 unspecified atom stereocenters. The molecule has 1 heteroatoms. The number of rotatable bonds is 15. The Kier molecular flexibility index (Phi) is 23.9. The van der Waals surface area contributed by atoms with Crippen molar-refractivity contribution in [3.63, 3.8) is 0 Å². The zero-order valence-corrected chi connectivity index (χ0v) is 14.7. The van der Waals surface area contributed by atoms with Crippen LogP contribution in [-0.2, 0) is 16.8 Å². The van der Waals surface area contributed by atoms with Crippen LogP contribution in [0.4, 0.5) is 0 Å². The Morgan fingerprint density at radius 3 is 0.632 bits per heavy atom. The maximum Gasteiger partial charge on any atom is 0 e. The van der Waals surface area contributed by atoms with Gasteiger partial charge in [0.15, 0.2) is 0 Å². The van der Waals surface area contributed by atoms with Gasteiger partial charge in [-0.1, -0.05) is 117 Å². The van der Waals surface area contributed by atoms with Gasteiger partial charge in [-0.15, -0.1) is 0 Å². The van der Waals surface area contributed by atoms with Crippen LogP contribution >= 0.6 is 0 Å². The second-order valence-electron chi connectivity index (χ2n) is 5.95. The van der Waals surface area contributed by atoms with Crippen LogP contribution in [0.2, 0.25) is 0 Å². The Labute approximate surface area is 133 Å². The second kappa shape index (κ2) is 20.8. The van der Waals surface area contributed by atoms with Crippen molar-refractivity contribution in [2.75, 3.05) is 0 Å². The summed E-state index contributed by atoms with van der Waals surface area (Å²) in [7, 11) is 0. The molecule has 0 atom stereocenters. The summed E-state index contributed by atoms with van der Waals surface area (Å²) in [4.78, 5) is 0. The molecule has 0 rings (SSSR count). The predicted octanol–water partition coefficient (Wildman–Crippen LogP) is 7.27. The molecule has 0 nitrogen and oxygen atoms in total. The molecule has 0 saturated heterocycles. The molecule has 0 spiro atoms. The summed E-state index contributed by atoms with van der Waals surface area (Å²) in [6.07, 6.45) is 23.4. The average molecular weight is 313 g/mol. The number of unbranched alkanes of at least 4 members (excludes halogenated alkanes) is 15. The summed E-state index contributed by atoms with van der Waals surface area (Å²) >= 11 is 0. The molecule has 0 N–H and O–H groups in total. The van der Waals surface area contributed by atoms with Crippen molar-refractivity contribution in [3.05, 3.63) is 0 Å². The number of hydrogen-bond acceptors (Lipinski definition) is 0. The van der Waals surface area contributed by atoms with Crippen LogP contribution in [0.15, 0.2) is 0 Å². The Balaban J connectivity index is 0. The first kappa shape index (κ1) is 21.8. The van der Waals surface area contributed by atoms with Gasteiger partial charge in [-0.2, -0.15) is 0 Å². The molecule has 0 heterocycles. The standard InChI is InChI=1S/C18H38.Co/c1-3-5-7-9-11-13-15-17-18-16-14-12-10-8-6-4-2;/h3-18H2,1-2H3;. The van der Waals surface area contributed by atoms with E-state index >= 15 is 0 Å². The molecular weight excluding hydrogens is 275 g/mol. The fraction of sp³-hybridized carbons (Fsp3) is 1.00. The Morgan fingerprint density at radius 2 is 0.474 bits per heavy atom. The summed E-state index contributed by atoms with van der Waals surface area (Å²) in [5.41, 5.74) is 0. The van der Waals surface area contributed by atoms with Gasteiger partial charge in [0.05, 0.1) is 0 Å². The second-order valence-corrected chi connectivity index (χ2v) is 5.95. The molecule has 0 aliphatic heterocycles. The maximum absolute atomic E-state index is 2.29. The summed E-state index contributed by atoms with van der Waals surface area (Å²) in [5.74, 6) is 0. The minimum absolute atomic E-state index is 0. The molecular formula is C18H38Co. The van der Waals surface area contributed by atoms with Crippen molar-refractivity contribution < 1.29 is 16.8 Å². The van der Waals surface area contributed by atoms with Crippen molar-refractivity contribution in [1.29, 1.82) is 0 Å². The third-order valence-corrected chi connectivity index (χ3v) is 3.96. The molecule has 0 aromatic heterocycles. The van der Waals surface area contributed by atoms with E-state index in [2.05, 4.69) is 13.8 Å². The molecule has 0 aliphatic carbocycles. The Hall–Kier alpha value is 0.506. The van der Waals surface area contributed by atoms with Crippen LogP contribution in [0.25, 0.3) is 0 Å². The first-order valence-electron chi connectivity index (χ1n) is 8.91. The van der Waals surface area contributed by atoms with Gasteiger partial charge < -0.3 is 0 Å². The minimum atomic E-state index is 0. The van der Waals surface area contributed by atoms with Gasteiger partial charge in [0.25, 0.3) is 0 Å². The van der Waals surface area contributed by atoms with E-state index in [1.54, 1.807) is 0 Å². The quantitative estimate of drug-likeness (QED) is 0.279. The van der Waals surface area contributed by atoms with Crippen molar-refractivity contribution in [2.24, 2.45) is 0 Å². The molecule has 119 valence electrons. The molecule has 0 aliphatic rings. The first-order chi connectivity index (χ1) is 8.91. The zero-order valence-electron chi connectivity index (χ0n) is 13.6. The Bertz CT molecular complexity index is 118. The summed E-state index contributed by atoms with van der Waals surface area (Å²) in [6.45, 7) is 4.59. The summed E-state index contributed by atoms with van der Waals surface area (Å²) in [5, 5.41) is 0. The molecule has 0 aromatic rings. The Morgan fingerprint density at radius 1 is 0.316 bits per heavy atom. The van der Waals surface area contributed by atoms with E-state index in [9.17, 15) is 0 Å². The largest absolute Gasteiger partial charge is 0.0654 e. The molecule has 0 saturated carbocycles. The van der Waals surface area contributed by atoms with E-state index in [0.29, 0.717) is 0 Å². The van der Waals surface area contributed by atoms with Crippen LogP contribution in [0.1, 0.15) is 117 Å². The van der Waals surface area contributed by atoms with Crippen LogP contribution < -0.4 is 0 Å². The normalized spacial score (nSPS) is 10.4. The third-order valence-electron chi connectivity index (χ3n) is 3.96. The van der Waals surface area contributed by atoms with Gasteiger partial charge in [-0.3, -0.25) is 0 Å².